The van der Waals surface area contributed by atoms with Crippen molar-refractivity contribution in [3.05, 3.63) is 101 Å². The van der Waals surface area contributed by atoms with E-state index in [2.05, 4.69) is 43.0 Å². The van der Waals surface area contributed by atoms with Crippen molar-refractivity contribution in [1.82, 2.24) is 25.5 Å². The number of anilines is 1. The fourth-order valence-electron chi connectivity index (χ4n) is 8.62. The standard InChI is InChI=1S/C50H68N6O13/c57-47(51-19-25-65-31-32-66-26-20-52-50(62)69-35-41-39-7-3-1-2-4-8-40(39)41)37-15-13-36(14-16-37)46(42-9-5-10-43(54-42)48(58)59)56-21-27-67-33-29-63-23-17-38(18-24-64-30-34-68-28-22-56)53-45-12-6-11-44(55-45)49(60)61/h1-2,5-6,9-16,38-41,46H,3-4,7-8,17-35H2,(H,51,57)(H,52,62)(H,53,55)(H,58,59)(H,60,61)/b2-1-/t39-,40+,41-,46?. The molecule has 4 atom stereocenters. The molecule has 2 aromatic heterocycles. The second kappa shape index (κ2) is 29.5. The van der Waals surface area contributed by atoms with Crippen LogP contribution in [0.5, 0.6) is 0 Å². The minimum absolute atomic E-state index is 0.0420. The molecule has 1 unspecified atom stereocenters. The van der Waals surface area contributed by atoms with Crippen molar-refractivity contribution in [3.8, 4) is 0 Å². The van der Waals surface area contributed by atoms with Gasteiger partial charge in [-0.3, -0.25) is 9.69 Å². The minimum Gasteiger partial charge on any atom is -0.477 e. The average Bonchev–Trinajstić information content (AvgIpc) is 4.00. The van der Waals surface area contributed by atoms with Gasteiger partial charge in [-0.05, 0) is 98.2 Å². The van der Waals surface area contributed by atoms with Gasteiger partial charge in [-0.2, -0.15) is 0 Å². The molecule has 376 valence electrons. The molecule has 5 N–H and O–H groups in total. The number of nitrogens with zero attached hydrogens (tertiary/aromatic N) is 3. The van der Waals surface area contributed by atoms with Gasteiger partial charge in [-0.25, -0.2) is 24.4 Å². The van der Waals surface area contributed by atoms with E-state index in [1.54, 1.807) is 36.4 Å². The van der Waals surface area contributed by atoms with E-state index in [4.69, 9.17) is 33.2 Å². The van der Waals surface area contributed by atoms with Gasteiger partial charge < -0.3 is 59.3 Å². The first-order valence-corrected chi connectivity index (χ1v) is 24.1. The number of rotatable bonds is 19. The van der Waals surface area contributed by atoms with Crippen molar-refractivity contribution in [2.24, 2.45) is 17.8 Å². The monoisotopic (exact) mass is 960 g/mol. The van der Waals surface area contributed by atoms with Crippen LogP contribution in [0.2, 0.25) is 0 Å². The summed E-state index contributed by atoms with van der Waals surface area (Å²) in [4.78, 5) is 59.5. The lowest BCUT2D eigenvalue weighted by atomic mass is 9.99. The third-order valence-electron chi connectivity index (χ3n) is 12.3. The number of benzene rings is 1. The lowest BCUT2D eigenvalue weighted by molar-refractivity contribution is 0.0128. The zero-order valence-corrected chi connectivity index (χ0v) is 39.3. The van der Waals surface area contributed by atoms with Gasteiger partial charge in [-0.1, -0.05) is 36.4 Å². The molecule has 1 aliphatic heterocycles. The highest BCUT2D eigenvalue weighted by Crippen LogP contribution is 2.52. The molecule has 0 radical (unpaired) electrons. The normalized spacial score (nSPS) is 21.1. The third-order valence-corrected chi connectivity index (χ3v) is 12.3. The van der Waals surface area contributed by atoms with Crippen LogP contribution in [0.25, 0.3) is 0 Å². The Morgan fingerprint density at radius 1 is 0.652 bits per heavy atom. The molecule has 19 heteroatoms. The number of carboxylic acid groups (broad SMARTS) is 2. The van der Waals surface area contributed by atoms with Crippen LogP contribution in [0.3, 0.4) is 0 Å². The van der Waals surface area contributed by atoms with E-state index in [1.807, 2.05) is 12.1 Å². The highest BCUT2D eigenvalue weighted by atomic mass is 16.6. The molecule has 19 nitrogen and oxygen atoms in total. The lowest BCUT2D eigenvalue weighted by Gasteiger charge is -2.32. The van der Waals surface area contributed by atoms with E-state index >= 15 is 0 Å². The largest absolute Gasteiger partial charge is 0.477 e. The molecule has 3 heterocycles. The molecule has 1 saturated carbocycles. The van der Waals surface area contributed by atoms with Crippen molar-refractivity contribution in [1.29, 1.82) is 0 Å². The van der Waals surface area contributed by atoms with Gasteiger partial charge in [0.1, 0.15) is 11.5 Å². The predicted molar refractivity (Wildman–Crippen MR) is 254 cm³/mol. The van der Waals surface area contributed by atoms with Crippen molar-refractivity contribution in [2.45, 2.75) is 50.6 Å². The Labute approximate surface area is 403 Å². The molecule has 3 aromatic rings. The molecule has 2 fully saturated rings. The Bertz CT molecular complexity index is 2040. The number of pyridine rings is 2. The van der Waals surface area contributed by atoms with Gasteiger partial charge in [0.25, 0.3) is 5.91 Å². The summed E-state index contributed by atoms with van der Waals surface area (Å²) in [6.45, 7) is 6.16. The maximum absolute atomic E-state index is 13.1. The number of carbonyl (C=O) groups is 4. The Kier molecular flexibility index (Phi) is 22.6. The number of alkyl carbamates (subject to hydrolysis) is 1. The molecule has 2 aliphatic carbocycles. The molecular weight excluding hydrogens is 893 g/mol. The minimum atomic E-state index is -1.15. The van der Waals surface area contributed by atoms with Crippen LogP contribution in [-0.4, -0.2) is 167 Å². The molecule has 3 aliphatic rings. The van der Waals surface area contributed by atoms with Gasteiger partial charge in [0.2, 0.25) is 0 Å². The van der Waals surface area contributed by atoms with Gasteiger partial charge in [0, 0.05) is 51.0 Å². The van der Waals surface area contributed by atoms with E-state index in [1.165, 1.54) is 25.0 Å². The number of aromatic carboxylic acids is 2. The number of hydrogen-bond acceptors (Lipinski definition) is 15. The van der Waals surface area contributed by atoms with Crippen molar-refractivity contribution in [2.75, 3.05) is 117 Å². The van der Waals surface area contributed by atoms with Crippen LogP contribution in [0.15, 0.2) is 72.8 Å². The molecule has 0 spiro atoms. The Morgan fingerprint density at radius 2 is 1.22 bits per heavy atom. The number of allylic oxidation sites excluding steroid dienone is 2. The number of nitrogens with one attached hydrogen (secondary N) is 3. The summed E-state index contributed by atoms with van der Waals surface area (Å²) < 4.78 is 40.5. The first-order chi connectivity index (χ1) is 33.8. The topological polar surface area (TPSA) is 238 Å². The number of ether oxygens (including phenoxy) is 7. The number of aromatic nitrogens is 2. The van der Waals surface area contributed by atoms with E-state index in [-0.39, 0.29) is 36.5 Å². The summed E-state index contributed by atoms with van der Waals surface area (Å²) in [7, 11) is 0. The summed E-state index contributed by atoms with van der Waals surface area (Å²) in [6.07, 6.45) is 9.92. The summed E-state index contributed by atoms with van der Waals surface area (Å²) in [5, 5.41) is 28.1. The summed E-state index contributed by atoms with van der Waals surface area (Å²) in [6, 6.07) is 16.3. The molecule has 1 saturated heterocycles. The van der Waals surface area contributed by atoms with Crippen LogP contribution in [0, 0.1) is 17.8 Å². The van der Waals surface area contributed by atoms with E-state index in [0.717, 1.165) is 18.4 Å². The summed E-state index contributed by atoms with van der Waals surface area (Å²) >= 11 is 0. The van der Waals surface area contributed by atoms with Crippen LogP contribution in [-0.2, 0) is 33.2 Å². The van der Waals surface area contributed by atoms with Crippen LogP contribution in [0.1, 0.15) is 87.2 Å². The number of amides is 2. The highest BCUT2D eigenvalue weighted by molar-refractivity contribution is 5.94. The van der Waals surface area contributed by atoms with E-state index in [0.29, 0.717) is 147 Å². The first kappa shape index (κ1) is 52.8. The molecule has 0 bridgehead atoms. The van der Waals surface area contributed by atoms with Crippen molar-refractivity contribution >= 4 is 29.8 Å². The molecule has 1 aromatic carbocycles. The van der Waals surface area contributed by atoms with Gasteiger partial charge in [-0.15, -0.1) is 0 Å². The smallest absolute Gasteiger partial charge is 0.407 e. The average molecular weight is 961 g/mol. The fourth-order valence-corrected chi connectivity index (χ4v) is 8.62. The molecular formula is C50H68N6O13. The van der Waals surface area contributed by atoms with Gasteiger partial charge in [0.15, 0.2) is 5.69 Å². The Hall–Kier alpha value is -5.54. The second-order valence-corrected chi connectivity index (χ2v) is 17.0. The Morgan fingerprint density at radius 3 is 1.83 bits per heavy atom. The molecule has 6 rings (SSSR count). The zero-order valence-electron chi connectivity index (χ0n) is 39.3. The van der Waals surface area contributed by atoms with Crippen LogP contribution >= 0.6 is 0 Å². The maximum Gasteiger partial charge on any atom is 0.407 e. The van der Waals surface area contributed by atoms with Gasteiger partial charge in [0.05, 0.1) is 84.4 Å². The van der Waals surface area contributed by atoms with Crippen molar-refractivity contribution in [3.63, 3.8) is 0 Å². The summed E-state index contributed by atoms with van der Waals surface area (Å²) in [5.74, 6) is -0.219. The van der Waals surface area contributed by atoms with E-state index in [9.17, 15) is 29.4 Å². The number of carboxylic acids is 2. The lowest BCUT2D eigenvalue weighted by Crippen LogP contribution is -2.36. The quantitative estimate of drug-likeness (QED) is 0.0777. The van der Waals surface area contributed by atoms with Gasteiger partial charge >= 0.3 is 18.0 Å². The number of carbonyl (C=O) groups excluding carboxylic acids is 2. The molecule has 69 heavy (non-hydrogen) atoms. The summed E-state index contributed by atoms with van der Waals surface area (Å²) in [5.41, 5.74) is 1.61. The van der Waals surface area contributed by atoms with Crippen LogP contribution < -0.4 is 16.0 Å². The van der Waals surface area contributed by atoms with Crippen molar-refractivity contribution < 1.29 is 62.5 Å². The zero-order chi connectivity index (χ0) is 48.5. The first-order valence-electron chi connectivity index (χ1n) is 24.1. The van der Waals surface area contributed by atoms with Crippen LogP contribution in [0.4, 0.5) is 10.6 Å². The highest BCUT2D eigenvalue weighted by Gasteiger charge is 2.49. The van der Waals surface area contributed by atoms with E-state index < -0.39 is 24.1 Å². The SMILES string of the molecule is O=C(NCCOCCOCCNC(=O)c1ccc(C(c2cccc(C(=O)O)n2)N2CCOCCOCCC(Nc3cccc(C(=O)O)n3)CCOCCOCC2)cc1)OC[C@@H]1[C@@H]2CC/C=C\CC[C@@H]21. The maximum atomic E-state index is 13.1. The second-order valence-electron chi connectivity index (χ2n) is 17.0. The predicted octanol–water partition coefficient (Wildman–Crippen LogP) is 5.09. The number of fused-ring (bicyclic) bond motifs is 1. The molecule has 2 amide bonds. The fraction of sp³-hybridized carbons (Fsp3) is 0.560. The third kappa shape index (κ3) is 18.4. The number of hydrogen-bond donors (Lipinski definition) is 5. The Balaban J connectivity index is 0.930.